The molecule has 13 heavy (non-hydrogen) atoms. The zero-order valence-corrected chi connectivity index (χ0v) is 7.65. The summed E-state index contributed by atoms with van der Waals surface area (Å²) in [6.07, 6.45) is -1.67. The fraction of sp³-hybridized carbons (Fsp3) is 0.500. The molecule has 0 unspecified atom stereocenters. The Balaban J connectivity index is 0. The first-order chi connectivity index (χ1) is 5.63. The third-order valence-corrected chi connectivity index (χ3v) is 2.25. The molecule has 0 aromatic rings. The number of amides is 2. The zero-order valence-electron chi connectivity index (χ0n) is 6.02. The second kappa shape index (κ2) is 10.3. The Kier molecular flexibility index (Phi) is 12.5. The van der Waals surface area contributed by atoms with Crippen LogP contribution in [0.4, 0.5) is 9.59 Å². The van der Waals surface area contributed by atoms with Crippen LogP contribution in [0, 0.1) is 0 Å². The van der Waals surface area contributed by atoms with Gasteiger partial charge in [-0.3, -0.25) is 0 Å². The SMILES string of the molecule is NC(=O)OCSSCOC(N)=O.[NaH]. The molecule has 0 bridgehead atoms. The van der Waals surface area contributed by atoms with Crippen LogP contribution in [0.1, 0.15) is 0 Å². The van der Waals surface area contributed by atoms with Crippen molar-refractivity contribution in [3.05, 3.63) is 0 Å². The Morgan fingerprint density at radius 2 is 1.31 bits per heavy atom. The van der Waals surface area contributed by atoms with Gasteiger partial charge in [0.15, 0.2) is 0 Å². The van der Waals surface area contributed by atoms with Gasteiger partial charge in [-0.1, -0.05) is 0 Å². The van der Waals surface area contributed by atoms with Crippen LogP contribution in [0.25, 0.3) is 0 Å². The first kappa shape index (κ1) is 15.7. The van der Waals surface area contributed by atoms with E-state index in [9.17, 15) is 9.59 Å². The third kappa shape index (κ3) is 15.0. The molecular weight excluding hydrogens is 227 g/mol. The number of nitrogens with two attached hydrogens (primary N) is 2. The van der Waals surface area contributed by atoms with E-state index in [4.69, 9.17) is 0 Å². The molecule has 0 saturated carbocycles. The summed E-state index contributed by atoms with van der Waals surface area (Å²) in [7, 11) is 2.37. The van der Waals surface area contributed by atoms with Crippen LogP contribution in [0.2, 0.25) is 0 Å². The van der Waals surface area contributed by atoms with Crippen molar-refractivity contribution >= 4 is 63.3 Å². The molecule has 0 aromatic carbocycles. The van der Waals surface area contributed by atoms with Gasteiger partial charge in [-0.05, 0) is 21.6 Å². The van der Waals surface area contributed by atoms with Gasteiger partial charge in [-0.15, -0.1) is 0 Å². The van der Waals surface area contributed by atoms with Crippen molar-refractivity contribution in [3.8, 4) is 0 Å². The molecule has 4 N–H and O–H groups in total. The number of carbonyl (C=O) groups excluding carboxylic acids is 2. The molecule has 0 fully saturated rings. The van der Waals surface area contributed by atoms with Gasteiger partial charge < -0.3 is 20.9 Å². The summed E-state index contributed by atoms with van der Waals surface area (Å²) in [5.74, 6) is 0.226. The molecule has 6 nitrogen and oxygen atoms in total. The van der Waals surface area contributed by atoms with E-state index in [1.165, 1.54) is 21.6 Å². The van der Waals surface area contributed by atoms with Crippen molar-refractivity contribution in [2.45, 2.75) is 0 Å². The third-order valence-electron chi connectivity index (χ3n) is 0.582. The minimum atomic E-state index is -0.834. The molecule has 0 aliphatic heterocycles. The number of ether oxygens (including phenoxy) is 2. The van der Waals surface area contributed by atoms with Crippen LogP contribution < -0.4 is 11.5 Å². The first-order valence-corrected chi connectivity index (χ1v) is 5.20. The van der Waals surface area contributed by atoms with E-state index in [1.807, 2.05) is 0 Å². The molecule has 0 heterocycles. The predicted molar refractivity (Wildman–Crippen MR) is 53.4 cm³/mol. The van der Waals surface area contributed by atoms with Gasteiger partial charge >= 0.3 is 41.7 Å². The topological polar surface area (TPSA) is 105 Å². The standard InChI is InChI=1S/C4H8N2O4S2.Na.H/c5-3(7)9-1-11-12-2-10-4(6)8;;/h1-2H2,(H2,5,7)(H2,6,8);;. The van der Waals surface area contributed by atoms with Crippen LogP contribution in [0.5, 0.6) is 0 Å². The van der Waals surface area contributed by atoms with Crippen LogP contribution in [0.3, 0.4) is 0 Å². The maximum atomic E-state index is 10.0. The molecule has 72 valence electrons. The number of primary amides is 2. The van der Waals surface area contributed by atoms with E-state index in [-0.39, 0.29) is 41.4 Å². The summed E-state index contributed by atoms with van der Waals surface area (Å²) in [5.41, 5.74) is 9.33. The van der Waals surface area contributed by atoms with Crippen molar-refractivity contribution in [2.75, 3.05) is 11.9 Å². The normalized spacial score (nSPS) is 8.31. The van der Waals surface area contributed by atoms with Gasteiger partial charge in [0.2, 0.25) is 0 Å². The number of hydrogen-bond acceptors (Lipinski definition) is 6. The molecule has 0 atom stereocenters. The maximum absolute atomic E-state index is 10.0. The number of carbonyl (C=O) groups is 2. The molecule has 0 aliphatic rings. The zero-order chi connectivity index (χ0) is 9.40. The summed E-state index contributed by atoms with van der Waals surface area (Å²) in [6.45, 7) is 0. The van der Waals surface area contributed by atoms with Gasteiger partial charge in [-0.2, -0.15) is 0 Å². The second-order valence-electron chi connectivity index (χ2n) is 1.40. The van der Waals surface area contributed by atoms with Crippen molar-refractivity contribution in [2.24, 2.45) is 11.5 Å². The first-order valence-electron chi connectivity index (χ1n) is 2.72. The van der Waals surface area contributed by atoms with E-state index in [0.29, 0.717) is 0 Å². The number of rotatable bonds is 5. The fourth-order valence-electron chi connectivity index (χ4n) is 0.232. The van der Waals surface area contributed by atoms with Gasteiger partial charge in [0.1, 0.15) is 11.9 Å². The molecule has 0 radical (unpaired) electrons. The Morgan fingerprint density at radius 3 is 1.54 bits per heavy atom. The average Bonchev–Trinajstić information content (AvgIpc) is 1.95. The van der Waals surface area contributed by atoms with Crippen molar-refractivity contribution in [3.63, 3.8) is 0 Å². The quantitative estimate of drug-likeness (QED) is 0.297. The van der Waals surface area contributed by atoms with Crippen molar-refractivity contribution in [1.29, 1.82) is 0 Å². The Bertz CT molecular complexity index is 152. The minimum absolute atomic E-state index is 0. The van der Waals surface area contributed by atoms with E-state index >= 15 is 0 Å². The summed E-state index contributed by atoms with van der Waals surface area (Å²) < 4.78 is 8.72. The molecule has 0 spiro atoms. The summed E-state index contributed by atoms with van der Waals surface area (Å²) in [4.78, 5) is 20.0. The van der Waals surface area contributed by atoms with Crippen molar-refractivity contribution < 1.29 is 19.1 Å². The molecule has 0 saturated heterocycles. The van der Waals surface area contributed by atoms with Crippen LogP contribution >= 0.6 is 21.6 Å². The van der Waals surface area contributed by atoms with Crippen LogP contribution in [-0.4, -0.2) is 53.6 Å². The van der Waals surface area contributed by atoms with E-state index in [2.05, 4.69) is 20.9 Å². The van der Waals surface area contributed by atoms with E-state index < -0.39 is 12.2 Å². The second-order valence-corrected chi connectivity index (χ2v) is 3.76. The molecule has 0 aliphatic carbocycles. The Labute approximate surface area is 105 Å². The summed E-state index contributed by atoms with van der Waals surface area (Å²) in [6, 6.07) is 0. The van der Waals surface area contributed by atoms with E-state index in [1.54, 1.807) is 0 Å². The van der Waals surface area contributed by atoms with Crippen LogP contribution in [0.15, 0.2) is 0 Å². The Hall–Kier alpha value is 0.240. The summed E-state index contributed by atoms with van der Waals surface area (Å²) in [5, 5.41) is 0. The van der Waals surface area contributed by atoms with Crippen molar-refractivity contribution in [1.82, 2.24) is 0 Å². The van der Waals surface area contributed by atoms with Gasteiger partial charge in [-0.25, -0.2) is 9.59 Å². The van der Waals surface area contributed by atoms with Gasteiger partial charge in [0.05, 0.1) is 0 Å². The molecule has 0 rings (SSSR count). The molecule has 0 aromatic heterocycles. The molecule has 2 amide bonds. The predicted octanol–water partition coefficient (Wildman–Crippen LogP) is -0.175. The number of hydrogen-bond donors (Lipinski definition) is 2. The van der Waals surface area contributed by atoms with Gasteiger partial charge in [0, 0.05) is 0 Å². The Morgan fingerprint density at radius 1 is 1.00 bits per heavy atom. The summed E-state index contributed by atoms with van der Waals surface area (Å²) >= 11 is 0. The monoisotopic (exact) mass is 236 g/mol. The average molecular weight is 236 g/mol. The van der Waals surface area contributed by atoms with Crippen LogP contribution in [-0.2, 0) is 9.47 Å². The fourth-order valence-corrected chi connectivity index (χ4v) is 1.39. The molecular formula is C4H9N2NaO4S2. The molecule has 9 heteroatoms. The van der Waals surface area contributed by atoms with E-state index in [0.717, 1.165) is 0 Å². The van der Waals surface area contributed by atoms with Gasteiger partial charge in [0.25, 0.3) is 0 Å².